The Morgan fingerprint density at radius 3 is 1.31 bits per heavy atom. The summed E-state index contributed by atoms with van der Waals surface area (Å²) in [5.74, 6) is -1.43. The van der Waals surface area contributed by atoms with E-state index in [0.29, 0.717) is 29.8 Å². The first-order chi connectivity index (χ1) is 30.1. The molecule has 0 saturated carbocycles. The number of ketones is 1. The molecule has 350 valence electrons. The summed E-state index contributed by atoms with van der Waals surface area (Å²) in [4.78, 5) is 40.7. The zero-order valence-corrected chi connectivity index (χ0v) is 40.9. The molecule has 0 aliphatic rings. The van der Waals surface area contributed by atoms with Crippen molar-refractivity contribution in [1.29, 1.82) is 0 Å². The summed E-state index contributed by atoms with van der Waals surface area (Å²) in [6.45, 7) is 12.3. The van der Waals surface area contributed by atoms with Crippen LogP contribution in [0, 0.1) is 6.92 Å². The van der Waals surface area contributed by atoms with Gasteiger partial charge in [-0.05, 0) is 69.9 Å². The molecule has 0 fully saturated rings. The van der Waals surface area contributed by atoms with Gasteiger partial charge in [0.1, 0.15) is 0 Å². The van der Waals surface area contributed by atoms with E-state index >= 15 is 0 Å². The summed E-state index contributed by atoms with van der Waals surface area (Å²) >= 11 is 0. The van der Waals surface area contributed by atoms with E-state index < -0.39 is 5.97 Å². The minimum Gasteiger partial charge on any atom is -0.478 e. The molecule has 6 heteroatoms. The highest BCUT2D eigenvalue weighted by Crippen LogP contribution is 2.33. The molecule has 0 bridgehead atoms. The van der Waals surface area contributed by atoms with Crippen molar-refractivity contribution in [2.24, 2.45) is 0 Å². The number of nitrogens with one attached hydrogen (secondary N) is 1. The van der Waals surface area contributed by atoms with E-state index in [1.807, 2.05) is 54.8 Å². The van der Waals surface area contributed by atoms with Gasteiger partial charge in [0.25, 0.3) is 5.91 Å². The van der Waals surface area contributed by atoms with Crippen LogP contribution in [0.3, 0.4) is 0 Å². The summed E-state index contributed by atoms with van der Waals surface area (Å²) in [6, 6.07) is 11.8. The predicted octanol–water partition coefficient (Wildman–Crippen LogP) is 16.8. The predicted molar refractivity (Wildman–Crippen MR) is 266 cm³/mol. The summed E-state index contributed by atoms with van der Waals surface area (Å²) < 4.78 is 1.99. The van der Waals surface area contributed by atoms with Crippen LogP contribution < -0.4 is 5.32 Å². The normalized spacial score (nSPS) is 11.8. The Kier molecular flexibility index (Phi) is 30.9. The maximum atomic E-state index is 14.0. The van der Waals surface area contributed by atoms with Crippen LogP contribution in [0.4, 0.5) is 0 Å². The average molecular weight is 857 g/mol. The molecule has 0 aliphatic heterocycles. The molecule has 0 unspecified atom stereocenters. The van der Waals surface area contributed by atoms with Gasteiger partial charge in [-0.2, -0.15) is 0 Å². The molecular weight excluding hydrogens is 765 g/mol. The molecular formula is C56H92N2O4. The fraction of sp³-hybridized carbons (Fsp3) is 0.696. The van der Waals surface area contributed by atoms with Crippen molar-refractivity contribution < 1.29 is 19.5 Å². The van der Waals surface area contributed by atoms with Gasteiger partial charge in [-0.1, -0.05) is 224 Å². The number of carbonyl (C=O) groups excluding carboxylic acids is 2. The first-order valence-electron chi connectivity index (χ1n) is 25.9. The van der Waals surface area contributed by atoms with Crippen molar-refractivity contribution in [3.05, 3.63) is 70.1 Å². The van der Waals surface area contributed by atoms with E-state index in [-0.39, 0.29) is 22.8 Å². The number of carbonyl (C=O) groups is 3. The highest BCUT2D eigenvalue weighted by atomic mass is 16.4. The van der Waals surface area contributed by atoms with Crippen LogP contribution in [0.1, 0.15) is 262 Å². The van der Waals surface area contributed by atoms with Gasteiger partial charge in [-0.15, -0.1) is 0 Å². The van der Waals surface area contributed by atoms with Crippen LogP contribution >= 0.6 is 0 Å². The van der Waals surface area contributed by atoms with Crippen LogP contribution in [-0.2, 0) is 9.59 Å². The minimum absolute atomic E-state index is 0.0181. The zero-order chi connectivity index (χ0) is 45.2. The number of nitrogens with zero attached hydrogens (tertiary/aromatic N) is 1. The van der Waals surface area contributed by atoms with E-state index in [2.05, 4.69) is 19.2 Å². The summed E-state index contributed by atoms with van der Waals surface area (Å²) in [5.41, 5.74) is 4.31. The first kappa shape index (κ1) is 54.7. The highest BCUT2D eigenvalue weighted by Gasteiger charge is 2.28. The third kappa shape index (κ3) is 22.3. The fourth-order valence-electron chi connectivity index (χ4n) is 9.03. The second kappa shape index (κ2) is 35.0. The number of carboxylic acids is 1. The molecule has 6 nitrogen and oxygen atoms in total. The molecule has 0 atom stereocenters. The van der Waals surface area contributed by atoms with Crippen molar-refractivity contribution in [3.63, 3.8) is 0 Å². The molecule has 1 heterocycles. The smallest absolute Gasteiger partial charge is 0.336 e. The molecule has 1 aromatic heterocycles. The van der Waals surface area contributed by atoms with Gasteiger partial charge in [0.2, 0.25) is 0 Å². The van der Waals surface area contributed by atoms with E-state index in [0.717, 1.165) is 55.5 Å². The fourth-order valence-corrected chi connectivity index (χ4v) is 9.03. The van der Waals surface area contributed by atoms with E-state index in [1.54, 1.807) is 13.8 Å². The van der Waals surface area contributed by atoms with Crippen molar-refractivity contribution in [1.82, 2.24) is 9.88 Å². The summed E-state index contributed by atoms with van der Waals surface area (Å²) in [6.07, 6.45) is 40.2. The number of benzene rings is 1. The monoisotopic (exact) mass is 857 g/mol. The molecule has 2 rings (SSSR count). The quantitative estimate of drug-likeness (QED) is 0.0303. The lowest BCUT2D eigenvalue weighted by molar-refractivity contribution is -0.133. The first-order valence-corrected chi connectivity index (χ1v) is 25.9. The van der Waals surface area contributed by atoms with Crippen LogP contribution in [0.15, 0.2) is 53.1 Å². The Bertz CT molecular complexity index is 1580. The lowest BCUT2D eigenvalue weighted by Crippen LogP contribution is -2.29. The van der Waals surface area contributed by atoms with E-state index in [1.165, 1.54) is 161 Å². The largest absolute Gasteiger partial charge is 0.478 e. The van der Waals surface area contributed by atoms with Crippen LogP contribution in [0.5, 0.6) is 0 Å². The Labute approximate surface area is 380 Å². The van der Waals surface area contributed by atoms with Crippen molar-refractivity contribution in [3.8, 4) is 5.69 Å². The molecule has 2 N–H and O–H groups in total. The number of allylic oxidation sites excluding steroid dienone is 2. The molecule has 0 saturated heterocycles. The number of amides is 1. The number of hydrogen-bond donors (Lipinski definition) is 2. The third-order valence-corrected chi connectivity index (χ3v) is 12.8. The number of rotatable bonds is 39. The number of para-hydroxylation sites is 1. The van der Waals surface area contributed by atoms with Crippen molar-refractivity contribution >= 4 is 23.2 Å². The molecule has 62 heavy (non-hydrogen) atoms. The number of hydrogen-bond acceptors (Lipinski definition) is 3. The number of carboxylic acid groups (broad SMARTS) is 1. The SMILES string of the molecule is CCCCCCCCCCCCCCCCCCNC(=O)C(C(C(=O)O)=C(C)C)=C(C)c1cc(C(=O)CCCCCCCCCCCCCCCCC)n(-c2ccccc2)c1C. The summed E-state index contributed by atoms with van der Waals surface area (Å²) in [7, 11) is 0. The topological polar surface area (TPSA) is 88.4 Å². The van der Waals surface area contributed by atoms with Crippen LogP contribution in [0.2, 0.25) is 0 Å². The number of aromatic nitrogens is 1. The molecule has 1 aromatic carbocycles. The van der Waals surface area contributed by atoms with Gasteiger partial charge < -0.3 is 15.0 Å². The summed E-state index contributed by atoms with van der Waals surface area (Å²) in [5, 5.41) is 13.5. The lowest BCUT2D eigenvalue weighted by atomic mass is 9.92. The number of aliphatic carboxylic acids is 1. The zero-order valence-electron chi connectivity index (χ0n) is 40.9. The van der Waals surface area contributed by atoms with Gasteiger partial charge in [0.05, 0.1) is 16.8 Å². The second-order valence-corrected chi connectivity index (χ2v) is 18.6. The van der Waals surface area contributed by atoms with Gasteiger partial charge in [0.15, 0.2) is 5.78 Å². The van der Waals surface area contributed by atoms with Gasteiger partial charge in [-0.3, -0.25) is 9.59 Å². The Balaban J connectivity index is 1.97. The van der Waals surface area contributed by atoms with Crippen molar-refractivity contribution in [2.75, 3.05) is 6.54 Å². The van der Waals surface area contributed by atoms with Crippen molar-refractivity contribution in [2.45, 2.75) is 247 Å². The molecule has 2 aromatic rings. The Morgan fingerprint density at radius 1 is 0.532 bits per heavy atom. The molecule has 1 amide bonds. The molecule has 0 radical (unpaired) electrons. The minimum atomic E-state index is -1.12. The number of unbranched alkanes of at least 4 members (excludes halogenated alkanes) is 29. The molecule has 0 aliphatic carbocycles. The number of Topliss-reactive ketones (excluding diaryl/α,β-unsaturated/α-hetero) is 1. The lowest BCUT2D eigenvalue weighted by Gasteiger charge is -2.16. The Morgan fingerprint density at radius 2 is 0.919 bits per heavy atom. The maximum Gasteiger partial charge on any atom is 0.336 e. The van der Waals surface area contributed by atoms with Crippen LogP contribution in [0.25, 0.3) is 11.3 Å². The molecule has 0 spiro atoms. The van der Waals surface area contributed by atoms with Gasteiger partial charge in [-0.25, -0.2) is 4.79 Å². The Hall–Kier alpha value is -3.41. The average Bonchev–Trinajstić information content (AvgIpc) is 3.61. The van der Waals surface area contributed by atoms with E-state index in [4.69, 9.17) is 0 Å². The maximum absolute atomic E-state index is 14.0. The third-order valence-electron chi connectivity index (χ3n) is 12.8. The highest BCUT2D eigenvalue weighted by molar-refractivity contribution is 6.14. The van der Waals surface area contributed by atoms with Crippen LogP contribution in [-0.4, -0.2) is 33.9 Å². The van der Waals surface area contributed by atoms with Gasteiger partial charge in [0, 0.05) is 24.3 Å². The van der Waals surface area contributed by atoms with E-state index in [9.17, 15) is 19.5 Å². The second-order valence-electron chi connectivity index (χ2n) is 18.6. The standard InChI is InChI=1S/C56H92N2O4/c1-7-9-11-13-15-17-19-21-23-25-27-29-31-33-35-40-44-57-55(60)54(53(46(3)4)56(61)62)47(5)50-45-51(58(48(50)6)49-41-37-36-38-42-49)52(59)43-39-34-32-30-28-26-24-22-20-18-16-14-12-10-8-2/h36-38,41-42,45H,7-35,39-40,43-44H2,1-6H3,(H,57,60)(H,61,62). The van der Waals surface area contributed by atoms with Gasteiger partial charge >= 0.3 is 5.97 Å².